The van der Waals surface area contributed by atoms with Gasteiger partial charge in [-0.05, 0) is 34.9 Å². The Bertz CT molecular complexity index is 461. The van der Waals surface area contributed by atoms with Crippen LogP contribution in [-0.2, 0) is 6.42 Å². The van der Waals surface area contributed by atoms with E-state index < -0.39 is 5.97 Å². The molecule has 0 aromatic carbocycles. The summed E-state index contributed by atoms with van der Waals surface area (Å²) in [7, 11) is 0. The van der Waals surface area contributed by atoms with Crippen molar-refractivity contribution >= 4 is 23.2 Å². The van der Waals surface area contributed by atoms with Crippen molar-refractivity contribution in [3.63, 3.8) is 0 Å². The fraction of sp³-hybridized carbons (Fsp3) is 0.182. The van der Waals surface area contributed by atoms with Gasteiger partial charge >= 0.3 is 5.97 Å². The lowest BCUT2D eigenvalue weighted by molar-refractivity contribution is 0.0663. The van der Waals surface area contributed by atoms with Crippen molar-refractivity contribution in [2.75, 3.05) is 11.9 Å². The standard InChI is InChI=1S/C11H11NO3S/c13-11(14)9-1-2-10(15-9)12-5-3-8-4-6-16-7-8/h1-2,4,6-7,12H,3,5H2,(H,13,14). The number of hydrogen-bond donors (Lipinski definition) is 2. The monoisotopic (exact) mass is 237 g/mol. The number of carboxylic acids is 1. The Morgan fingerprint density at radius 2 is 2.31 bits per heavy atom. The first-order valence-corrected chi connectivity index (χ1v) is 5.78. The van der Waals surface area contributed by atoms with E-state index in [1.807, 2.05) is 5.38 Å². The highest BCUT2D eigenvalue weighted by Gasteiger charge is 2.07. The van der Waals surface area contributed by atoms with Crippen LogP contribution in [0.5, 0.6) is 0 Å². The van der Waals surface area contributed by atoms with Crippen LogP contribution in [0.3, 0.4) is 0 Å². The number of furan rings is 1. The number of hydrogen-bond acceptors (Lipinski definition) is 4. The average Bonchev–Trinajstić information content (AvgIpc) is 2.87. The number of carbonyl (C=O) groups is 1. The smallest absolute Gasteiger partial charge is 0.371 e. The van der Waals surface area contributed by atoms with E-state index in [1.165, 1.54) is 11.6 Å². The van der Waals surface area contributed by atoms with Crippen molar-refractivity contribution in [3.8, 4) is 0 Å². The molecule has 84 valence electrons. The van der Waals surface area contributed by atoms with Gasteiger partial charge in [-0.2, -0.15) is 11.3 Å². The maximum absolute atomic E-state index is 10.6. The van der Waals surface area contributed by atoms with Crippen molar-refractivity contribution in [2.24, 2.45) is 0 Å². The van der Waals surface area contributed by atoms with Gasteiger partial charge < -0.3 is 14.8 Å². The largest absolute Gasteiger partial charge is 0.475 e. The van der Waals surface area contributed by atoms with Crippen molar-refractivity contribution in [3.05, 3.63) is 40.3 Å². The SMILES string of the molecule is O=C(O)c1ccc(NCCc2ccsc2)o1. The van der Waals surface area contributed by atoms with Crippen LogP contribution in [0.2, 0.25) is 0 Å². The van der Waals surface area contributed by atoms with Crippen LogP contribution >= 0.6 is 11.3 Å². The summed E-state index contributed by atoms with van der Waals surface area (Å²) >= 11 is 1.66. The second kappa shape index (κ2) is 4.85. The van der Waals surface area contributed by atoms with Gasteiger partial charge in [0, 0.05) is 12.6 Å². The Kier molecular flexibility index (Phi) is 3.26. The molecule has 2 aromatic rings. The van der Waals surface area contributed by atoms with Crippen LogP contribution in [0.15, 0.2) is 33.4 Å². The zero-order chi connectivity index (χ0) is 11.4. The minimum absolute atomic E-state index is 0.0435. The molecule has 0 aliphatic rings. The lowest BCUT2D eigenvalue weighted by Crippen LogP contribution is -2.03. The van der Waals surface area contributed by atoms with E-state index in [0.29, 0.717) is 5.88 Å². The molecule has 0 atom stereocenters. The first-order valence-electron chi connectivity index (χ1n) is 4.84. The molecule has 0 amide bonds. The van der Waals surface area contributed by atoms with E-state index in [4.69, 9.17) is 9.52 Å². The Balaban J connectivity index is 1.83. The number of aromatic carboxylic acids is 1. The van der Waals surface area contributed by atoms with Crippen molar-refractivity contribution in [1.82, 2.24) is 0 Å². The van der Waals surface area contributed by atoms with Crippen LogP contribution in [0.1, 0.15) is 16.1 Å². The Morgan fingerprint density at radius 3 is 2.94 bits per heavy atom. The van der Waals surface area contributed by atoms with Crippen LogP contribution in [0, 0.1) is 0 Å². The van der Waals surface area contributed by atoms with E-state index in [1.54, 1.807) is 17.4 Å². The summed E-state index contributed by atoms with van der Waals surface area (Å²) < 4.78 is 5.06. The predicted molar refractivity (Wildman–Crippen MR) is 62.2 cm³/mol. The topological polar surface area (TPSA) is 62.5 Å². The normalized spacial score (nSPS) is 10.2. The minimum Gasteiger partial charge on any atom is -0.475 e. The highest BCUT2D eigenvalue weighted by Crippen LogP contribution is 2.13. The fourth-order valence-corrected chi connectivity index (χ4v) is 2.02. The number of nitrogens with one attached hydrogen (secondary N) is 1. The highest BCUT2D eigenvalue weighted by atomic mass is 32.1. The third-order valence-corrected chi connectivity index (χ3v) is 2.84. The van der Waals surface area contributed by atoms with Crippen molar-refractivity contribution in [1.29, 1.82) is 0 Å². The highest BCUT2D eigenvalue weighted by molar-refractivity contribution is 7.07. The zero-order valence-electron chi connectivity index (χ0n) is 8.47. The molecule has 0 bridgehead atoms. The van der Waals surface area contributed by atoms with Crippen molar-refractivity contribution in [2.45, 2.75) is 6.42 Å². The van der Waals surface area contributed by atoms with Crippen LogP contribution in [0.25, 0.3) is 0 Å². The fourth-order valence-electron chi connectivity index (χ4n) is 1.31. The summed E-state index contributed by atoms with van der Waals surface area (Å²) in [6, 6.07) is 5.13. The maximum atomic E-state index is 10.6. The van der Waals surface area contributed by atoms with Gasteiger partial charge in [0.25, 0.3) is 0 Å². The van der Waals surface area contributed by atoms with Gasteiger partial charge in [0.15, 0.2) is 5.88 Å². The molecular formula is C11H11NO3S. The molecule has 2 aromatic heterocycles. The number of carboxylic acid groups (broad SMARTS) is 1. The molecule has 0 spiro atoms. The van der Waals surface area contributed by atoms with E-state index in [0.717, 1.165) is 13.0 Å². The van der Waals surface area contributed by atoms with E-state index in [9.17, 15) is 4.79 Å². The number of rotatable bonds is 5. The molecule has 2 rings (SSSR count). The third-order valence-electron chi connectivity index (χ3n) is 2.11. The Labute approximate surface area is 96.5 Å². The summed E-state index contributed by atoms with van der Waals surface area (Å²) in [6.07, 6.45) is 0.895. The lowest BCUT2D eigenvalue weighted by atomic mass is 10.2. The Morgan fingerprint density at radius 1 is 1.44 bits per heavy atom. The number of anilines is 1. The second-order valence-corrected chi connectivity index (χ2v) is 4.06. The molecule has 0 unspecified atom stereocenters. The van der Waals surface area contributed by atoms with Gasteiger partial charge in [0.1, 0.15) is 0 Å². The molecule has 16 heavy (non-hydrogen) atoms. The number of thiophene rings is 1. The predicted octanol–water partition coefficient (Wildman–Crippen LogP) is 2.69. The first-order chi connectivity index (χ1) is 7.75. The summed E-state index contributed by atoms with van der Waals surface area (Å²) in [5, 5.41) is 15.8. The van der Waals surface area contributed by atoms with E-state index in [2.05, 4.69) is 16.8 Å². The minimum atomic E-state index is -1.05. The van der Waals surface area contributed by atoms with Gasteiger partial charge in [-0.15, -0.1) is 0 Å². The van der Waals surface area contributed by atoms with Gasteiger partial charge in [0.2, 0.25) is 5.76 Å². The van der Waals surface area contributed by atoms with Gasteiger partial charge in [-0.25, -0.2) is 4.79 Å². The van der Waals surface area contributed by atoms with Crippen molar-refractivity contribution < 1.29 is 14.3 Å². The molecule has 0 saturated carbocycles. The van der Waals surface area contributed by atoms with Gasteiger partial charge in [-0.1, -0.05) is 0 Å². The molecule has 0 aliphatic heterocycles. The quantitative estimate of drug-likeness (QED) is 0.839. The van der Waals surface area contributed by atoms with Gasteiger partial charge in [0.05, 0.1) is 0 Å². The summed E-state index contributed by atoms with van der Waals surface area (Å²) in [4.78, 5) is 10.6. The van der Waals surface area contributed by atoms with Crippen LogP contribution < -0.4 is 5.32 Å². The summed E-state index contributed by atoms with van der Waals surface area (Å²) in [5.41, 5.74) is 1.27. The van der Waals surface area contributed by atoms with Gasteiger partial charge in [-0.3, -0.25) is 0 Å². The maximum Gasteiger partial charge on any atom is 0.371 e. The average molecular weight is 237 g/mol. The zero-order valence-corrected chi connectivity index (χ0v) is 9.29. The van der Waals surface area contributed by atoms with E-state index in [-0.39, 0.29) is 5.76 Å². The molecule has 5 heteroatoms. The van der Waals surface area contributed by atoms with E-state index >= 15 is 0 Å². The lowest BCUT2D eigenvalue weighted by Gasteiger charge is -2.00. The molecule has 2 heterocycles. The Hall–Kier alpha value is -1.75. The molecule has 0 fully saturated rings. The molecule has 0 saturated heterocycles. The second-order valence-electron chi connectivity index (χ2n) is 3.28. The summed E-state index contributed by atoms with van der Waals surface area (Å²) in [6.45, 7) is 0.726. The van der Waals surface area contributed by atoms with Crippen LogP contribution in [-0.4, -0.2) is 17.6 Å². The molecule has 4 nitrogen and oxygen atoms in total. The summed E-state index contributed by atoms with van der Waals surface area (Å²) in [5.74, 6) is -0.600. The molecule has 0 aliphatic carbocycles. The van der Waals surface area contributed by atoms with Crippen LogP contribution in [0.4, 0.5) is 5.88 Å². The third kappa shape index (κ3) is 2.64. The molecular weight excluding hydrogens is 226 g/mol. The molecule has 2 N–H and O–H groups in total. The molecule has 0 radical (unpaired) electrons. The first kappa shape index (κ1) is 10.8.